The minimum atomic E-state index is -3.60. The van der Waals surface area contributed by atoms with Gasteiger partial charge >= 0.3 is 0 Å². The fourth-order valence-corrected chi connectivity index (χ4v) is 5.23. The normalized spacial score (nSPS) is 17.4. The fraction of sp³-hybridized carbons (Fsp3) is 0.409. The lowest BCUT2D eigenvalue weighted by atomic mass is 10.1. The molecule has 9 heteroatoms. The molecule has 2 heterocycles. The molecule has 2 aromatic rings. The molecular weight excluding hydrogens is 418 g/mol. The Labute approximate surface area is 183 Å². The Hall–Kier alpha value is -2.78. The van der Waals surface area contributed by atoms with E-state index in [9.17, 15) is 13.2 Å². The van der Waals surface area contributed by atoms with E-state index < -0.39 is 16.1 Å². The van der Waals surface area contributed by atoms with Gasteiger partial charge in [0.2, 0.25) is 22.7 Å². The van der Waals surface area contributed by atoms with Crippen molar-refractivity contribution in [2.45, 2.75) is 19.5 Å². The zero-order chi connectivity index (χ0) is 22.0. The average molecular weight is 446 g/mol. The molecule has 1 amide bonds. The first-order valence-corrected chi connectivity index (χ1v) is 12.1. The first-order chi connectivity index (χ1) is 14.8. The third-order valence-corrected chi connectivity index (χ3v) is 6.85. The van der Waals surface area contributed by atoms with E-state index in [1.54, 1.807) is 36.1 Å². The molecular formula is C22H27N3O5S. The van der Waals surface area contributed by atoms with Gasteiger partial charge in [-0.15, -0.1) is 0 Å². The first-order valence-electron chi connectivity index (χ1n) is 10.3. The van der Waals surface area contributed by atoms with Crippen LogP contribution in [0.15, 0.2) is 48.5 Å². The van der Waals surface area contributed by atoms with Gasteiger partial charge < -0.3 is 14.4 Å². The van der Waals surface area contributed by atoms with Gasteiger partial charge in [0.25, 0.3) is 0 Å². The van der Waals surface area contributed by atoms with E-state index in [0.29, 0.717) is 18.8 Å². The number of nitrogens with zero attached hydrogens (tertiary/aromatic N) is 3. The fourth-order valence-electron chi connectivity index (χ4n) is 4.07. The molecule has 1 saturated heterocycles. The predicted molar refractivity (Wildman–Crippen MR) is 118 cm³/mol. The number of fused-ring (bicyclic) bond motifs is 1. The van der Waals surface area contributed by atoms with Crippen LogP contribution in [0.3, 0.4) is 0 Å². The van der Waals surface area contributed by atoms with Crippen molar-refractivity contribution < 1.29 is 22.7 Å². The lowest BCUT2D eigenvalue weighted by Gasteiger charge is -2.38. The van der Waals surface area contributed by atoms with Gasteiger partial charge in [0, 0.05) is 32.7 Å². The molecule has 8 nitrogen and oxygen atoms in total. The lowest BCUT2D eigenvalue weighted by Crippen LogP contribution is -2.55. The first kappa shape index (κ1) is 21.5. The number of piperazine rings is 1. The minimum absolute atomic E-state index is 0.183. The molecule has 0 aromatic heterocycles. The van der Waals surface area contributed by atoms with E-state index in [4.69, 9.17) is 9.47 Å². The number of benzene rings is 2. The number of sulfonamides is 1. The molecule has 0 radical (unpaired) electrons. The van der Waals surface area contributed by atoms with E-state index in [1.807, 2.05) is 24.3 Å². The van der Waals surface area contributed by atoms with Crippen molar-refractivity contribution in [2.24, 2.45) is 0 Å². The highest BCUT2D eigenvalue weighted by molar-refractivity contribution is 7.92. The molecule has 0 saturated carbocycles. The Balaban J connectivity index is 1.38. The van der Waals surface area contributed by atoms with E-state index >= 15 is 0 Å². The highest BCUT2D eigenvalue weighted by atomic mass is 32.2. The number of amides is 1. The Bertz CT molecular complexity index is 1040. The van der Waals surface area contributed by atoms with Crippen molar-refractivity contribution in [3.05, 3.63) is 54.1 Å². The van der Waals surface area contributed by atoms with Gasteiger partial charge in [0.1, 0.15) is 6.04 Å². The summed E-state index contributed by atoms with van der Waals surface area (Å²) in [7, 11) is -3.60. The zero-order valence-electron chi connectivity index (χ0n) is 17.7. The summed E-state index contributed by atoms with van der Waals surface area (Å²) >= 11 is 0. The molecule has 0 spiro atoms. The van der Waals surface area contributed by atoms with Gasteiger partial charge in [0.15, 0.2) is 11.5 Å². The predicted octanol–water partition coefficient (Wildman–Crippen LogP) is 1.91. The number of ether oxygens (including phenoxy) is 2. The topological polar surface area (TPSA) is 79.4 Å². The highest BCUT2D eigenvalue weighted by Crippen LogP contribution is 2.33. The molecule has 0 aliphatic carbocycles. The summed E-state index contributed by atoms with van der Waals surface area (Å²) in [5, 5.41) is 0. The molecule has 2 aromatic carbocycles. The smallest absolute Gasteiger partial charge is 0.246 e. The number of hydrogen-bond acceptors (Lipinski definition) is 6. The van der Waals surface area contributed by atoms with Gasteiger partial charge in [-0.3, -0.25) is 14.0 Å². The summed E-state index contributed by atoms with van der Waals surface area (Å²) in [4.78, 5) is 17.2. The molecule has 1 atom stereocenters. The summed E-state index contributed by atoms with van der Waals surface area (Å²) in [6.07, 6.45) is 1.13. The van der Waals surface area contributed by atoms with Gasteiger partial charge in [-0.2, -0.15) is 0 Å². The van der Waals surface area contributed by atoms with E-state index in [2.05, 4.69) is 4.90 Å². The van der Waals surface area contributed by atoms with Crippen LogP contribution in [0.2, 0.25) is 0 Å². The van der Waals surface area contributed by atoms with Crippen molar-refractivity contribution in [1.82, 2.24) is 9.80 Å². The number of para-hydroxylation sites is 1. The largest absolute Gasteiger partial charge is 0.454 e. The third kappa shape index (κ3) is 4.77. The summed E-state index contributed by atoms with van der Waals surface area (Å²) in [5.74, 6) is 1.35. The Morgan fingerprint density at radius 3 is 2.39 bits per heavy atom. The van der Waals surface area contributed by atoms with E-state index in [1.165, 1.54) is 4.31 Å². The maximum absolute atomic E-state index is 13.1. The van der Waals surface area contributed by atoms with Crippen molar-refractivity contribution in [3.8, 4) is 11.5 Å². The van der Waals surface area contributed by atoms with Crippen LogP contribution in [0.1, 0.15) is 12.5 Å². The van der Waals surface area contributed by atoms with Gasteiger partial charge in [0.05, 0.1) is 11.9 Å². The standard InChI is InChI=1S/C22H27N3O5S/c1-17(25(31(2,27)28)19-6-4-3-5-7-19)22(26)24-12-10-23(11-13-24)15-18-8-9-20-21(14-18)30-16-29-20/h3-9,14,17H,10-13,15-16H2,1-2H3/t17-/m1/s1. The molecule has 0 bridgehead atoms. The molecule has 31 heavy (non-hydrogen) atoms. The second kappa shape index (κ2) is 8.76. The molecule has 2 aliphatic rings. The number of carbonyl (C=O) groups is 1. The van der Waals surface area contributed by atoms with Crippen LogP contribution >= 0.6 is 0 Å². The van der Waals surface area contributed by atoms with Gasteiger partial charge in [-0.1, -0.05) is 24.3 Å². The third-order valence-electron chi connectivity index (χ3n) is 5.60. The van der Waals surface area contributed by atoms with E-state index in [0.717, 1.165) is 43.0 Å². The molecule has 4 rings (SSSR count). The van der Waals surface area contributed by atoms with Crippen LogP contribution < -0.4 is 13.8 Å². The van der Waals surface area contributed by atoms with Crippen LogP contribution in [0.25, 0.3) is 0 Å². The second-order valence-electron chi connectivity index (χ2n) is 7.86. The lowest BCUT2D eigenvalue weighted by molar-refractivity contribution is -0.133. The molecule has 1 fully saturated rings. The number of rotatable bonds is 6. The van der Waals surface area contributed by atoms with Crippen LogP contribution in [0, 0.1) is 0 Å². The number of anilines is 1. The molecule has 166 valence electrons. The minimum Gasteiger partial charge on any atom is -0.454 e. The number of carbonyl (C=O) groups excluding carboxylic acids is 1. The molecule has 0 unspecified atom stereocenters. The highest BCUT2D eigenvalue weighted by Gasteiger charge is 2.33. The zero-order valence-corrected chi connectivity index (χ0v) is 18.5. The monoisotopic (exact) mass is 445 g/mol. The van der Waals surface area contributed by atoms with Gasteiger partial charge in [-0.05, 0) is 36.8 Å². The van der Waals surface area contributed by atoms with Crippen LogP contribution in [-0.4, -0.2) is 69.4 Å². The van der Waals surface area contributed by atoms with Crippen molar-refractivity contribution in [3.63, 3.8) is 0 Å². The van der Waals surface area contributed by atoms with Crippen molar-refractivity contribution in [1.29, 1.82) is 0 Å². The van der Waals surface area contributed by atoms with Crippen LogP contribution in [0.5, 0.6) is 11.5 Å². The summed E-state index contributed by atoms with van der Waals surface area (Å²) in [6.45, 7) is 5.21. The van der Waals surface area contributed by atoms with E-state index in [-0.39, 0.29) is 12.7 Å². The summed E-state index contributed by atoms with van der Waals surface area (Å²) < 4.78 is 36.8. The van der Waals surface area contributed by atoms with Crippen LogP contribution in [-0.2, 0) is 21.4 Å². The molecule has 0 N–H and O–H groups in total. The van der Waals surface area contributed by atoms with Crippen molar-refractivity contribution >= 4 is 21.6 Å². The Morgan fingerprint density at radius 1 is 1.03 bits per heavy atom. The molecule has 2 aliphatic heterocycles. The van der Waals surface area contributed by atoms with Crippen LogP contribution in [0.4, 0.5) is 5.69 Å². The SMILES string of the molecule is C[C@H](C(=O)N1CCN(Cc2ccc3c(c2)OCO3)CC1)N(c1ccccc1)S(C)(=O)=O. The average Bonchev–Trinajstić information content (AvgIpc) is 3.21. The summed E-state index contributed by atoms with van der Waals surface area (Å²) in [5.41, 5.74) is 1.62. The maximum Gasteiger partial charge on any atom is 0.246 e. The second-order valence-corrected chi connectivity index (χ2v) is 9.72. The summed E-state index contributed by atoms with van der Waals surface area (Å²) in [6, 6.07) is 13.9. The Kier molecular flexibility index (Phi) is 6.06. The van der Waals surface area contributed by atoms with Crippen molar-refractivity contribution in [2.75, 3.05) is 43.5 Å². The Morgan fingerprint density at radius 2 is 1.71 bits per heavy atom. The number of hydrogen-bond donors (Lipinski definition) is 0. The quantitative estimate of drug-likeness (QED) is 0.676. The maximum atomic E-state index is 13.1. The van der Waals surface area contributed by atoms with Gasteiger partial charge in [-0.25, -0.2) is 8.42 Å².